The summed E-state index contributed by atoms with van der Waals surface area (Å²) < 4.78 is 32.8. The van der Waals surface area contributed by atoms with Gasteiger partial charge in [-0.2, -0.15) is 0 Å². The fraction of sp³-hybridized carbons (Fsp3) is 0.571. The van der Waals surface area contributed by atoms with Crippen molar-refractivity contribution < 1.29 is 13.2 Å². The molecule has 0 saturated carbocycles. The minimum atomic E-state index is -3.49. The average molecular weight is 313 g/mol. The third-order valence-corrected chi connectivity index (χ3v) is 4.85. The molecule has 6 nitrogen and oxygen atoms in total. The molecule has 1 fully saturated rings. The smallest absolute Gasteiger partial charge is 0.240 e. The van der Waals surface area contributed by atoms with E-state index >= 15 is 0 Å². The summed E-state index contributed by atoms with van der Waals surface area (Å²) in [6.45, 7) is 3.20. The molecule has 1 heterocycles. The van der Waals surface area contributed by atoms with Gasteiger partial charge in [-0.05, 0) is 31.8 Å². The standard InChI is InChI=1S/C14H23N3O3S/c1-15-9-12-4-3-5-14(8-12)21(18,19)16-10-13-11-17(2)6-7-20-13/h3-5,8,13,15-16H,6-7,9-11H2,1-2H3. The molecule has 2 rings (SSSR count). The Labute approximate surface area is 126 Å². The Hall–Kier alpha value is -0.990. The van der Waals surface area contributed by atoms with E-state index in [1.165, 1.54) is 0 Å². The second kappa shape index (κ2) is 7.33. The summed E-state index contributed by atoms with van der Waals surface area (Å²) in [5.41, 5.74) is 0.939. The first-order valence-electron chi connectivity index (χ1n) is 7.04. The number of hydrogen-bond acceptors (Lipinski definition) is 5. The normalized spacial score (nSPS) is 20.6. The van der Waals surface area contributed by atoms with E-state index in [0.717, 1.165) is 18.7 Å². The van der Waals surface area contributed by atoms with E-state index in [1.807, 2.05) is 20.2 Å². The van der Waals surface area contributed by atoms with Crippen LogP contribution in [0.4, 0.5) is 0 Å². The van der Waals surface area contributed by atoms with Gasteiger partial charge in [-0.25, -0.2) is 13.1 Å². The van der Waals surface area contributed by atoms with Gasteiger partial charge in [-0.15, -0.1) is 0 Å². The zero-order chi connectivity index (χ0) is 15.3. The molecule has 21 heavy (non-hydrogen) atoms. The Balaban J connectivity index is 1.99. The van der Waals surface area contributed by atoms with Crippen molar-refractivity contribution in [1.82, 2.24) is 14.9 Å². The molecule has 1 aromatic rings. The number of rotatable bonds is 6. The first-order chi connectivity index (χ1) is 10.0. The van der Waals surface area contributed by atoms with E-state index in [-0.39, 0.29) is 6.10 Å². The molecule has 1 unspecified atom stereocenters. The minimum Gasteiger partial charge on any atom is -0.374 e. The number of ether oxygens (including phenoxy) is 1. The minimum absolute atomic E-state index is 0.0981. The van der Waals surface area contributed by atoms with E-state index in [2.05, 4.69) is 14.9 Å². The van der Waals surface area contributed by atoms with Gasteiger partial charge in [-0.1, -0.05) is 12.1 Å². The lowest BCUT2D eigenvalue weighted by atomic mass is 10.2. The highest BCUT2D eigenvalue weighted by molar-refractivity contribution is 7.89. The molecule has 1 aliphatic heterocycles. The maximum absolute atomic E-state index is 12.3. The van der Waals surface area contributed by atoms with Crippen molar-refractivity contribution in [2.75, 3.05) is 40.3 Å². The molecule has 1 aliphatic rings. The summed E-state index contributed by atoms with van der Waals surface area (Å²) in [7, 11) is 0.341. The Kier molecular flexibility index (Phi) is 5.72. The zero-order valence-corrected chi connectivity index (χ0v) is 13.3. The van der Waals surface area contributed by atoms with Crippen LogP contribution in [0, 0.1) is 0 Å². The topological polar surface area (TPSA) is 70.7 Å². The van der Waals surface area contributed by atoms with Crippen LogP contribution in [0.15, 0.2) is 29.2 Å². The van der Waals surface area contributed by atoms with Crippen molar-refractivity contribution in [1.29, 1.82) is 0 Å². The van der Waals surface area contributed by atoms with Crippen LogP contribution in [0.3, 0.4) is 0 Å². The van der Waals surface area contributed by atoms with Gasteiger partial charge in [0, 0.05) is 26.2 Å². The third kappa shape index (κ3) is 4.76. The van der Waals surface area contributed by atoms with Crippen LogP contribution >= 0.6 is 0 Å². The van der Waals surface area contributed by atoms with Crippen LogP contribution in [0.5, 0.6) is 0 Å². The average Bonchev–Trinajstić information content (AvgIpc) is 2.46. The predicted molar refractivity (Wildman–Crippen MR) is 81.6 cm³/mol. The molecule has 1 atom stereocenters. The van der Waals surface area contributed by atoms with Crippen molar-refractivity contribution in [3.8, 4) is 0 Å². The van der Waals surface area contributed by atoms with Crippen LogP contribution in [-0.2, 0) is 21.3 Å². The summed E-state index contributed by atoms with van der Waals surface area (Å²) in [6.07, 6.45) is -0.0981. The zero-order valence-electron chi connectivity index (χ0n) is 12.5. The lowest BCUT2D eigenvalue weighted by Crippen LogP contribution is -2.45. The fourth-order valence-electron chi connectivity index (χ4n) is 2.30. The SMILES string of the molecule is CNCc1cccc(S(=O)(=O)NCC2CN(C)CCO2)c1. The van der Waals surface area contributed by atoms with Crippen LogP contribution < -0.4 is 10.0 Å². The van der Waals surface area contributed by atoms with Gasteiger partial charge in [0.15, 0.2) is 0 Å². The molecule has 2 N–H and O–H groups in total. The number of benzene rings is 1. The Morgan fingerprint density at radius 3 is 2.95 bits per heavy atom. The van der Waals surface area contributed by atoms with Crippen LogP contribution in [0.1, 0.15) is 5.56 Å². The first kappa shape index (κ1) is 16.4. The lowest BCUT2D eigenvalue weighted by molar-refractivity contribution is -0.0156. The summed E-state index contributed by atoms with van der Waals surface area (Å²) >= 11 is 0. The maximum Gasteiger partial charge on any atom is 0.240 e. The molecule has 0 amide bonds. The molecule has 0 aliphatic carbocycles. The highest BCUT2D eigenvalue weighted by atomic mass is 32.2. The molecule has 7 heteroatoms. The molecule has 1 saturated heterocycles. The highest BCUT2D eigenvalue weighted by Gasteiger charge is 2.21. The fourth-order valence-corrected chi connectivity index (χ4v) is 3.44. The Morgan fingerprint density at radius 1 is 1.43 bits per heavy atom. The Morgan fingerprint density at radius 2 is 2.24 bits per heavy atom. The van der Waals surface area contributed by atoms with Crippen molar-refractivity contribution in [3.63, 3.8) is 0 Å². The molecule has 0 radical (unpaired) electrons. The number of likely N-dealkylation sites (N-methyl/N-ethyl adjacent to an activating group) is 1. The molecular weight excluding hydrogens is 290 g/mol. The molecular formula is C14H23N3O3S. The summed E-state index contributed by atoms with van der Waals surface area (Å²) in [6, 6.07) is 6.95. The molecule has 1 aromatic carbocycles. The number of hydrogen-bond donors (Lipinski definition) is 2. The van der Waals surface area contributed by atoms with E-state index in [9.17, 15) is 8.42 Å². The lowest BCUT2D eigenvalue weighted by Gasteiger charge is -2.30. The van der Waals surface area contributed by atoms with Gasteiger partial charge in [0.05, 0.1) is 17.6 Å². The van der Waals surface area contributed by atoms with Gasteiger partial charge >= 0.3 is 0 Å². The van der Waals surface area contributed by atoms with Gasteiger partial charge in [-0.3, -0.25) is 0 Å². The van der Waals surface area contributed by atoms with E-state index < -0.39 is 10.0 Å². The summed E-state index contributed by atoms with van der Waals surface area (Å²) in [4.78, 5) is 2.43. The van der Waals surface area contributed by atoms with Crippen LogP contribution in [-0.4, -0.2) is 59.8 Å². The van der Waals surface area contributed by atoms with Gasteiger partial charge in [0.25, 0.3) is 0 Å². The van der Waals surface area contributed by atoms with Gasteiger partial charge in [0.1, 0.15) is 0 Å². The van der Waals surface area contributed by atoms with E-state index in [0.29, 0.717) is 24.6 Å². The molecule has 0 spiro atoms. The largest absolute Gasteiger partial charge is 0.374 e. The monoisotopic (exact) mass is 313 g/mol. The second-order valence-electron chi connectivity index (χ2n) is 5.28. The van der Waals surface area contributed by atoms with Crippen molar-refractivity contribution >= 4 is 10.0 Å². The van der Waals surface area contributed by atoms with Gasteiger partial charge < -0.3 is 15.0 Å². The number of nitrogens with one attached hydrogen (secondary N) is 2. The number of sulfonamides is 1. The maximum atomic E-state index is 12.3. The van der Waals surface area contributed by atoms with Crippen molar-refractivity contribution in [2.24, 2.45) is 0 Å². The molecule has 118 valence electrons. The summed E-state index contributed by atoms with van der Waals surface area (Å²) in [5.74, 6) is 0. The number of nitrogens with zero attached hydrogens (tertiary/aromatic N) is 1. The third-order valence-electron chi connectivity index (χ3n) is 3.43. The molecule has 0 bridgehead atoms. The van der Waals surface area contributed by atoms with Crippen molar-refractivity contribution in [2.45, 2.75) is 17.5 Å². The van der Waals surface area contributed by atoms with Crippen LogP contribution in [0.2, 0.25) is 0 Å². The quantitative estimate of drug-likeness (QED) is 0.774. The Bertz CT molecular complexity index is 562. The number of morpholine rings is 1. The molecule has 0 aromatic heterocycles. The first-order valence-corrected chi connectivity index (χ1v) is 8.53. The summed E-state index contributed by atoms with van der Waals surface area (Å²) in [5, 5.41) is 3.01. The second-order valence-corrected chi connectivity index (χ2v) is 7.05. The van der Waals surface area contributed by atoms with E-state index in [4.69, 9.17) is 4.74 Å². The van der Waals surface area contributed by atoms with Crippen LogP contribution in [0.25, 0.3) is 0 Å². The highest BCUT2D eigenvalue weighted by Crippen LogP contribution is 2.12. The van der Waals surface area contributed by atoms with E-state index in [1.54, 1.807) is 18.2 Å². The van der Waals surface area contributed by atoms with Gasteiger partial charge in [0.2, 0.25) is 10.0 Å². The van der Waals surface area contributed by atoms with Crippen molar-refractivity contribution in [3.05, 3.63) is 29.8 Å². The predicted octanol–water partition coefficient (Wildman–Crippen LogP) is 0.0149.